The maximum absolute atomic E-state index is 13.1. The fourth-order valence-electron chi connectivity index (χ4n) is 3.66. The van der Waals surface area contributed by atoms with Gasteiger partial charge in [-0.25, -0.2) is 0 Å². The highest BCUT2D eigenvalue weighted by Gasteiger charge is 2.47. The third-order valence-electron chi connectivity index (χ3n) is 5.08. The van der Waals surface area contributed by atoms with E-state index in [2.05, 4.69) is 9.97 Å². The van der Waals surface area contributed by atoms with Crippen LogP contribution in [0.3, 0.4) is 0 Å². The minimum atomic E-state index is -0.924. The van der Waals surface area contributed by atoms with Crippen molar-refractivity contribution in [2.45, 2.75) is 12.6 Å². The molecule has 9 heteroatoms. The Kier molecular flexibility index (Phi) is 6.12. The van der Waals surface area contributed by atoms with Crippen LogP contribution in [0.15, 0.2) is 66.6 Å². The molecule has 0 saturated carbocycles. The lowest BCUT2D eigenvalue weighted by Crippen LogP contribution is -2.29. The van der Waals surface area contributed by atoms with Crippen molar-refractivity contribution in [1.29, 1.82) is 0 Å². The van der Waals surface area contributed by atoms with E-state index in [4.69, 9.17) is 27.9 Å². The molecule has 0 aliphatic carbocycles. The lowest BCUT2D eigenvalue weighted by molar-refractivity contribution is -0.140. The number of Topliss-reactive ketones (excluding diaryl/α,β-unsaturated/α-hetero) is 1. The molecule has 0 spiro atoms. The van der Waals surface area contributed by atoms with Gasteiger partial charge in [-0.15, -0.1) is 0 Å². The Labute approximate surface area is 193 Å². The van der Waals surface area contributed by atoms with Crippen molar-refractivity contribution in [2.75, 3.05) is 7.11 Å². The van der Waals surface area contributed by atoms with E-state index in [1.54, 1.807) is 48.9 Å². The summed E-state index contributed by atoms with van der Waals surface area (Å²) in [5.74, 6) is -1.91. The molecule has 0 radical (unpaired) electrons. The van der Waals surface area contributed by atoms with E-state index in [-0.39, 0.29) is 33.5 Å². The van der Waals surface area contributed by atoms with E-state index in [9.17, 15) is 14.7 Å². The molecule has 1 atom stereocenters. The number of aliphatic hydroxyl groups excluding tert-OH is 1. The standard InChI is InChI=1S/C23H17Cl2N3O4/c1-32-22-15(10-14(24)11-16(22)25)20(29)18-19(17-4-2-3-7-27-17)28(23(31)21(18)30)12-13-5-8-26-9-6-13/h2-11,19,29H,12H2,1H3/b20-18+. The SMILES string of the molecule is COc1c(Cl)cc(Cl)cc1/C(O)=C1\C(=O)C(=O)N(Cc2ccncc2)C1c1ccccn1. The average Bonchev–Trinajstić information content (AvgIpc) is 3.04. The first-order valence-electron chi connectivity index (χ1n) is 9.54. The van der Waals surface area contributed by atoms with Gasteiger partial charge in [-0.2, -0.15) is 0 Å². The second-order valence-corrected chi connectivity index (χ2v) is 7.85. The summed E-state index contributed by atoms with van der Waals surface area (Å²) in [4.78, 5) is 35.8. The molecule has 2 aromatic heterocycles. The van der Waals surface area contributed by atoms with Crippen LogP contribution >= 0.6 is 23.2 Å². The van der Waals surface area contributed by atoms with Gasteiger partial charge in [0.1, 0.15) is 17.6 Å². The van der Waals surface area contributed by atoms with Gasteiger partial charge in [-0.3, -0.25) is 19.6 Å². The third kappa shape index (κ3) is 3.92. The summed E-state index contributed by atoms with van der Waals surface area (Å²) in [6.45, 7) is 0.124. The second-order valence-electron chi connectivity index (χ2n) is 7.01. The Morgan fingerprint density at radius 1 is 1.12 bits per heavy atom. The molecule has 1 fully saturated rings. The summed E-state index contributed by atoms with van der Waals surface area (Å²) in [6.07, 6.45) is 4.75. The van der Waals surface area contributed by atoms with Crippen molar-refractivity contribution in [1.82, 2.24) is 14.9 Å². The summed E-state index contributed by atoms with van der Waals surface area (Å²) in [7, 11) is 1.38. The van der Waals surface area contributed by atoms with Crippen LogP contribution in [0.1, 0.15) is 22.9 Å². The van der Waals surface area contributed by atoms with Gasteiger partial charge in [0.2, 0.25) is 0 Å². The molecule has 1 N–H and O–H groups in total. The molecule has 4 rings (SSSR count). The number of carbonyl (C=O) groups is 2. The Morgan fingerprint density at radius 3 is 2.53 bits per heavy atom. The van der Waals surface area contributed by atoms with E-state index in [1.165, 1.54) is 24.1 Å². The Morgan fingerprint density at radius 2 is 1.88 bits per heavy atom. The molecular formula is C23H17Cl2N3O4. The van der Waals surface area contributed by atoms with Crippen LogP contribution in [0.4, 0.5) is 0 Å². The van der Waals surface area contributed by atoms with E-state index < -0.39 is 23.5 Å². The maximum atomic E-state index is 13.1. The molecule has 1 aromatic carbocycles. The van der Waals surface area contributed by atoms with Gasteiger partial charge < -0.3 is 14.7 Å². The highest BCUT2D eigenvalue weighted by molar-refractivity contribution is 6.46. The number of benzene rings is 1. The normalized spacial score (nSPS) is 17.6. The zero-order valence-corrected chi connectivity index (χ0v) is 18.3. The number of hydrogen-bond donors (Lipinski definition) is 1. The smallest absolute Gasteiger partial charge is 0.296 e. The first-order chi connectivity index (χ1) is 15.4. The zero-order valence-electron chi connectivity index (χ0n) is 16.8. The average molecular weight is 470 g/mol. The van der Waals surface area contributed by atoms with Crippen LogP contribution in [0.5, 0.6) is 5.75 Å². The first kappa shape index (κ1) is 21.8. The van der Waals surface area contributed by atoms with E-state index in [1.807, 2.05) is 0 Å². The second kappa shape index (κ2) is 8.98. The van der Waals surface area contributed by atoms with E-state index in [0.29, 0.717) is 5.69 Å². The highest BCUT2D eigenvalue weighted by Crippen LogP contribution is 2.43. The van der Waals surface area contributed by atoms with Crippen LogP contribution in [0.25, 0.3) is 5.76 Å². The molecule has 162 valence electrons. The highest BCUT2D eigenvalue weighted by atomic mass is 35.5. The molecule has 32 heavy (non-hydrogen) atoms. The third-order valence-corrected chi connectivity index (χ3v) is 5.58. The van der Waals surface area contributed by atoms with Crippen molar-refractivity contribution in [3.05, 3.63) is 93.5 Å². The van der Waals surface area contributed by atoms with Crippen LogP contribution in [0.2, 0.25) is 10.0 Å². The van der Waals surface area contributed by atoms with Crippen LogP contribution in [-0.2, 0) is 16.1 Å². The number of aliphatic hydroxyl groups is 1. The maximum Gasteiger partial charge on any atom is 0.296 e. The number of amides is 1. The number of likely N-dealkylation sites (tertiary alicyclic amines) is 1. The molecule has 3 heterocycles. The quantitative estimate of drug-likeness (QED) is 0.337. The molecule has 7 nitrogen and oxygen atoms in total. The molecule has 1 amide bonds. The summed E-state index contributed by atoms with van der Waals surface area (Å²) in [6, 6.07) is 10.6. The largest absolute Gasteiger partial charge is 0.507 e. The van der Waals surface area contributed by atoms with Crippen molar-refractivity contribution in [2.24, 2.45) is 0 Å². The molecule has 1 aliphatic heterocycles. The zero-order chi connectivity index (χ0) is 22.8. The number of hydrogen-bond acceptors (Lipinski definition) is 6. The van der Waals surface area contributed by atoms with Crippen LogP contribution in [0, 0.1) is 0 Å². The first-order valence-corrected chi connectivity index (χ1v) is 10.3. The Balaban J connectivity index is 1.92. The number of rotatable bonds is 5. The lowest BCUT2D eigenvalue weighted by Gasteiger charge is -2.24. The van der Waals surface area contributed by atoms with Crippen LogP contribution in [-0.4, -0.2) is 38.8 Å². The predicted molar refractivity (Wildman–Crippen MR) is 119 cm³/mol. The van der Waals surface area contributed by atoms with Crippen molar-refractivity contribution >= 4 is 40.7 Å². The number of ketones is 1. The number of carbonyl (C=O) groups excluding carboxylic acids is 2. The number of methoxy groups -OCH3 is 1. The number of nitrogens with zero attached hydrogens (tertiary/aromatic N) is 3. The number of aromatic nitrogens is 2. The van der Waals surface area contributed by atoms with Gasteiger partial charge in [0.15, 0.2) is 0 Å². The van der Waals surface area contributed by atoms with Gasteiger partial charge in [-0.05, 0) is 42.0 Å². The summed E-state index contributed by atoms with van der Waals surface area (Å²) < 4.78 is 5.32. The van der Waals surface area contributed by atoms with Crippen molar-refractivity contribution < 1.29 is 19.4 Å². The molecule has 1 saturated heterocycles. The Hall–Kier alpha value is -3.42. The number of halogens is 2. The molecule has 3 aromatic rings. The fourth-order valence-corrected chi connectivity index (χ4v) is 4.23. The molecule has 0 bridgehead atoms. The molecular weight excluding hydrogens is 453 g/mol. The summed E-state index contributed by atoms with van der Waals surface area (Å²) in [5, 5.41) is 11.6. The van der Waals surface area contributed by atoms with Gasteiger partial charge in [-0.1, -0.05) is 29.3 Å². The minimum absolute atomic E-state index is 0.104. The van der Waals surface area contributed by atoms with Gasteiger partial charge >= 0.3 is 0 Å². The number of ether oxygens (including phenoxy) is 1. The molecule has 1 aliphatic rings. The van der Waals surface area contributed by atoms with Crippen LogP contribution < -0.4 is 4.74 Å². The van der Waals surface area contributed by atoms with Gasteiger partial charge in [0, 0.05) is 30.2 Å². The predicted octanol–water partition coefficient (Wildman–Crippen LogP) is 4.41. The van der Waals surface area contributed by atoms with Gasteiger partial charge in [0.05, 0.1) is 29.0 Å². The van der Waals surface area contributed by atoms with E-state index >= 15 is 0 Å². The number of pyridine rings is 2. The summed E-state index contributed by atoms with van der Waals surface area (Å²) >= 11 is 12.3. The van der Waals surface area contributed by atoms with E-state index in [0.717, 1.165) is 5.56 Å². The fraction of sp³-hybridized carbons (Fsp3) is 0.130. The monoisotopic (exact) mass is 469 g/mol. The minimum Gasteiger partial charge on any atom is -0.507 e. The van der Waals surface area contributed by atoms with Crippen molar-refractivity contribution in [3.63, 3.8) is 0 Å². The lowest BCUT2D eigenvalue weighted by atomic mass is 9.97. The summed E-state index contributed by atoms with van der Waals surface area (Å²) in [5.41, 5.74) is 1.17. The molecule has 1 unspecified atom stereocenters. The topological polar surface area (TPSA) is 92.6 Å². The van der Waals surface area contributed by atoms with Gasteiger partial charge in [0.25, 0.3) is 11.7 Å². The Bertz CT molecular complexity index is 1220. The van der Waals surface area contributed by atoms with Crippen molar-refractivity contribution in [3.8, 4) is 5.75 Å².